The van der Waals surface area contributed by atoms with Gasteiger partial charge in [0.1, 0.15) is 5.60 Å². The van der Waals surface area contributed by atoms with E-state index in [2.05, 4.69) is 29.6 Å². The Morgan fingerprint density at radius 2 is 2.39 bits per heavy atom. The average molecular weight is 265 g/mol. The Kier molecular flexibility index (Phi) is 3.61. The van der Waals surface area contributed by atoms with Crippen molar-refractivity contribution in [2.45, 2.75) is 23.0 Å². The highest BCUT2D eigenvalue weighted by atomic mass is 32.2. The van der Waals surface area contributed by atoms with Gasteiger partial charge in [-0.05, 0) is 11.6 Å². The molecule has 1 N–H and O–H groups in total. The van der Waals surface area contributed by atoms with Crippen molar-refractivity contribution in [2.24, 2.45) is 0 Å². The summed E-state index contributed by atoms with van der Waals surface area (Å²) in [5, 5.41) is 3.65. The fraction of sp³-hybridized carbons (Fsp3) is 0.571. The van der Waals surface area contributed by atoms with Gasteiger partial charge in [0.05, 0.1) is 6.61 Å². The molecule has 4 heteroatoms. The van der Waals surface area contributed by atoms with Gasteiger partial charge in [0.15, 0.2) is 0 Å². The molecule has 2 aliphatic rings. The summed E-state index contributed by atoms with van der Waals surface area (Å²) < 4.78 is 11.1. The maximum atomic E-state index is 5.65. The van der Waals surface area contributed by atoms with E-state index in [4.69, 9.17) is 9.47 Å². The van der Waals surface area contributed by atoms with Crippen LogP contribution in [0.15, 0.2) is 29.2 Å². The van der Waals surface area contributed by atoms with Crippen LogP contribution in [-0.2, 0) is 9.47 Å². The lowest BCUT2D eigenvalue weighted by atomic mass is 10.0. The van der Waals surface area contributed by atoms with Gasteiger partial charge in [0.2, 0.25) is 0 Å². The number of benzene rings is 1. The first-order chi connectivity index (χ1) is 8.83. The number of nitrogens with one attached hydrogen (secondary N) is 1. The molecular weight excluding hydrogens is 246 g/mol. The molecule has 98 valence electrons. The number of hydrogen-bond acceptors (Lipinski definition) is 4. The highest BCUT2D eigenvalue weighted by Crippen LogP contribution is 2.38. The van der Waals surface area contributed by atoms with Gasteiger partial charge >= 0.3 is 0 Å². The summed E-state index contributed by atoms with van der Waals surface area (Å²) in [6.07, 6.45) is 0.984. The molecule has 1 saturated heterocycles. The van der Waals surface area contributed by atoms with E-state index < -0.39 is 0 Å². The number of methoxy groups -OCH3 is 1. The summed E-state index contributed by atoms with van der Waals surface area (Å²) in [6.45, 7) is 2.38. The Bertz CT molecular complexity index is 418. The largest absolute Gasteiger partial charge is 0.378 e. The van der Waals surface area contributed by atoms with Crippen LogP contribution in [0.5, 0.6) is 0 Å². The van der Waals surface area contributed by atoms with E-state index in [9.17, 15) is 0 Å². The van der Waals surface area contributed by atoms with Gasteiger partial charge in [-0.25, -0.2) is 0 Å². The molecule has 1 fully saturated rings. The third kappa shape index (κ3) is 2.30. The van der Waals surface area contributed by atoms with E-state index in [1.807, 2.05) is 11.8 Å². The van der Waals surface area contributed by atoms with E-state index in [-0.39, 0.29) is 5.60 Å². The Morgan fingerprint density at radius 1 is 1.50 bits per heavy atom. The highest BCUT2D eigenvalue weighted by molar-refractivity contribution is 7.99. The predicted molar refractivity (Wildman–Crippen MR) is 73.1 cm³/mol. The van der Waals surface area contributed by atoms with Crippen molar-refractivity contribution in [3.8, 4) is 0 Å². The van der Waals surface area contributed by atoms with Gasteiger partial charge in [-0.2, -0.15) is 0 Å². The molecule has 1 aromatic rings. The summed E-state index contributed by atoms with van der Waals surface area (Å²) >= 11 is 1.93. The van der Waals surface area contributed by atoms with Crippen molar-refractivity contribution >= 4 is 11.8 Å². The van der Waals surface area contributed by atoms with Gasteiger partial charge in [0, 0.05) is 43.4 Å². The summed E-state index contributed by atoms with van der Waals surface area (Å²) in [5.74, 6) is 1.11. The van der Waals surface area contributed by atoms with Crippen LogP contribution < -0.4 is 5.32 Å². The van der Waals surface area contributed by atoms with E-state index in [1.165, 1.54) is 10.5 Å². The molecule has 18 heavy (non-hydrogen) atoms. The Hall–Kier alpha value is -0.550. The topological polar surface area (TPSA) is 30.5 Å². The first-order valence-corrected chi connectivity index (χ1v) is 7.40. The van der Waals surface area contributed by atoms with Gasteiger partial charge in [-0.15, -0.1) is 11.8 Å². The number of ether oxygens (including phenoxy) is 2. The second-order valence-electron chi connectivity index (χ2n) is 4.97. The summed E-state index contributed by atoms with van der Waals surface area (Å²) in [6, 6.07) is 9.09. The number of hydrogen-bond donors (Lipinski definition) is 1. The zero-order valence-electron chi connectivity index (χ0n) is 10.6. The zero-order valence-corrected chi connectivity index (χ0v) is 11.5. The molecule has 0 spiro atoms. The molecule has 0 saturated carbocycles. The van der Waals surface area contributed by atoms with Gasteiger partial charge in [-0.3, -0.25) is 0 Å². The summed E-state index contributed by atoms with van der Waals surface area (Å²) in [7, 11) is 1.79. The molecule has 0 bridgehead atoms. The first-order valence-electron chi connectivity index (χ1n) is 6.41. The third-order valence-corrected chi connectivity index (χ3v) is 5.05. The molecule has 0 radical (unpaired) electrons. The molecule has 2 atom stereocenters. The minimum absolute atomic E-state index is 0.123. The van der Waals surface area contributed by atoms with E-state index in [0.717, 1.165) is 25.3 Å². The zero-order chi connectivity index (χ0) is 12.4. The maximum absolute atomic E-state index is 5.65. The minimum Gasteiger partial charge on any atom is -0.378 e. The van der Waals surface area contributed by atoms with Crippen LogP contribution >= 0.6 is 11.8 Å². The first kappa shape index (κ1) is 12.5. The lowest BCUT2D eigenvalue weighted by molar-refractivity contribution is -0.0171. The normalized spacial score (nSPS) is 30.6. The summed E-state index contributed by atoms with van der Waals surface area (Å²) in [4.78, 5) is 1.41. The predicted octanol–water partition coefficient (Wildman–Crippen LogP) is 2.23. The van der Waals surface area contributed by atoms with Crippen LogP contribution in [0, 0.1) is 0 Å². The average Bonchev–Trinajstić information content (AvgIpc) is 3.04. The van der Waals surface area contributed by atoms with Crippen LogP contribution in [0.4, 0.5) is 0 Å². The standard InChI is InChI=1S/C14H19NO2S/c1-16-14(6-7-17-10-14)9-15-12-8-18-13-5-3-2-4-11(12)13/h2-5,12,15H,6-10H2,1H3. The molecule has 2 aliphatic heterocycles. The quantitative estimate of drug-likeness (QED) is 0.904. The Morgan fingerprint density at radius 3 is 3.17 bits per heavy atom. The molecule has 0 aliphatic carbocycles. The molecule has 1 aromatic carbocycles. The van der Waals surface area contributed by atoms with Crippen molar-refractivity contribution in [1.82, 2.24) is 5.32 Å². The number of fused-ring (bicyclic) bond motifs is 1. The van der Waals surface area contributed by atoms with Crippen LogP contribution in [0.25, 0.3) is 0 Å². The van der Waals surface area contributed by atoms with Crippen LogP contribution in [0.1, 0.15) is 18.0 Å². The Balaban J connectivity index is 1.65. The van der Waals surface area contributed by atoms with Crippen molar-refractivity contribution < 1.29 is 9.47 Å². The van der Waals surface area contributed by atoms with Crippen LogP contribution in [-0.4, -0.2) is 38.2 Å². The lowest BCUT2D eigenvalue weighted by Crippen LogP contribution is -2.44. The molecular formula is C14H19NO2S. The van der Waals surface area contributed by atoms with Crippen LogP contribution in [0.3, 0.4) is 0 Å². The minimum atomic E-state index is -0.123. The van der Waals surface area contributed by atoms with Crippen LogP contribution in [0.2, 0.25) is 0 Å². The second kappa shape index (κ2) is 5.21. The monoisotopic (exact) mass is 265 g/mol. The van der Waals surface area contributed by atoms with E-state index in [1.54, 1.807) is 7.11 Å². The fourth-order valence-electron chi connectivity index (χ4n) is 2.60. The molecule has 3 nitrogen and oxygen atoms in total. The summed E-state index contributed by atoms with van der Waals surface area (Å²) in [5.41, 5.74) is 1.30. The maximum Gasteiger partial charge on any atom is 0.106 e. The van der Waals surface area contributed by atoms with Gasteiger partial charge < -0.3 is 14.8 Å². The van der Waals surface area contributed by atoms with E-state index >= 15 is 0 Å². The molecule has 0 amide bonds. The van der Waals surface area contributed by atoms with E-state index in [0.29, 0.717) is 12.6 Å². The van der Waals surface area contributed by atoms with Gasteiger partial charge in [-0.1, -0.05) is 18.2 Å². The molecule has 0 aromatic heterocycles. The lowest BCUT2D eigenvalue weighted by Gasteiger charge is -2.28. The number of thioether (sulfide) groups is 1. The third-order valence-electron chi connectivity index (χ3n) is 3.87. The molecule has 2 heterocycles. The highest BCUT2D eigenvalue weighted by Gasteiger charge is 2.36. The van der Waals surface area contributed by atoms with Gasteiger partial charge in [0.25, 0.3) is 0 Å². The fourth-order valence-corrected chi connectivity index (χ4v) is 3.80. The number of rotatable bonds is 4. The SMILES string of the molecule is COC1(CNC2CSc3ccccc32)CCOC1. The smallest absolute Gasteiger partial charge is 0.106 e. The molecule has 2 unspecified atom stereocenters. The molecule has 3 rings (SSSR count). The van der Waals surface area contributed by atoms with Crippen molar-refractivity contribution in [3.63, 3.8) is 0 Å². The second-order valence-corrected chi connectivity index (χ2v) is 6.03. The Labute approximate surface area is 112 Å². The van der Waals surface area contributed by atoms with Crippen molar-refractivity contribution in [2.75, 3.05) is 32.6 Å². The van der Waals surface area contributed by atoms with Crippen molar-refractivity contribution in [1.29, 1.82) is 0 Å². The van der Waals surface area contributed by atoms with Crippen molar-refractivity contribution in [3.05, 3.63) is 29.8 Å².